The van der Waals surface area contributed by atoms with E-state index in [1.54, 1.807) is 31.1 Å². The zero-order valence-corrected chi connectivity index (χ0v) is 12.4. The molecule has 2 rings (SSSR count). The summed E-state index contributed by atoms with van der Waals surface area (Å²) in [6.45, 7) is 0. The average molecular weight is 294 g/mol. The van der Waals surface area contributed by atoms with Crippen LogP contribution in [0.2, 0.25) is 0 Å². The molecule has 0 bridgehead atoms. The van der Waals surface area contributed by atoms with Gasteiger partial charge in [0, 0.05) is 18.7 Å². The van der Waals surface area contributed by atoms with Crippen LogP contribution >= 0.6 is 11.8 Å². The zero-order valence-electron chi connectivity index (χ0n) is 11.6. The first kappa shape index (κ1) is 14.8. The summed E-state index contributed by atoms with van der Waals surface area (Å²) in [5.74, 6) is 2.67. The first-order chi connectivity index (χ1) is 9.72. The van der Waals surface area contributed by atoms with Crippen molar-refractivity contribution in [1.82, 2.24) is 15.1 Å². The van der Waals surface area contributed by atoms with Gasteiger partial charge >= 0.3 is 0 Å². The predicted molar refractivity (Wildman–Crippen MR) is 77.8 cm³/mol. The maximum atomic E-state index is 5.99. The van der Waals surface area contributed by atoms with Crippen LogP contribution in [-0.2, 0) is 6.42 Å². The molecule has 2 aromatic heterocycles. The summed E-state index contributed by atoms with van der Waals surface area (Å²) < 4.78 is 10.2. The van der Waals surface area contributed by atoms with Crippen molar-refractivity contribution in [2.45, 2.75) is 18.9 Å². The van der Waals surface area contributed by atoms with Gasteiger partial charge in [-0.1, -0.05) is 11.2 Å². The molecule has 0 aliphatic rings. The number of hydrogen-bond donors (Lipinski definition) is 1. The van der Waals surface area contributed by atoms with Crippen LogP contribution in [0.1, 0.15) is 29.7 Å². The van der Waals surface area contributed by atoms with Gasteiger partial charge in [-0.25, -0.2) is 4.98 Å². The van der Waals surface area contributed by atoms with Gasteiger partial charge in [-0.3, -0.25) is 0 Å². The fourth-order valence-corrected chi connectivity index (χ4v) is 2.17. The van der Waals surface area contributed by atoms with Crippen LogP contribution in [-0.4, -0.2) is 34.2 Å². The molecule has 0 amide bonds. The van der Waals surface area contributed by atoms with Gasteiger partial charge in [0.2, 0.25) is 11.8 Å². The Labute approximate surface area is 122 Å². The summed E-state index contributed by atoms with van der Waals surface area (Å²) in [7, 11) is 1.59. The summed E-state index contributed by atoms with van der Waals surface area (Å²) in [6.07, 6.45) is 5.17. The Bertz CT molecular complexity index is 529. The molecule has 7 heteroatoms. The van der Waals surface area contributed by atoms with Crippen molar-refractivity contribution in [1.29, 1.82) is 0 Å². The topological polar surface area (TPSA) is 87.1 Å². The highest BCUT2D eigenvalue weighted by Crippen LogP contribution is 2.15. The minimum atomic E-state index is -0.197. The quantitative estimate of drug-likeness (QED) is 0.833. The molecule has 6 nitrogen and oxygen atoms in total. The van der Waals surface area contributed by atoms with E-state index in [9.17, 15) is 0 Å². The van der Waals surface area contributed by atoms with Gasteiger partial charge in [0.15, 0.2) is 5.82 Å². The van der Waals surface area contributed by atoms with Gasteiger partial charge in [0.1, 0.15) is 0 Å². The summed E-state index contributed by atoms with van der Waals surface area (Å²) in [5.41, 5.74) is 6.98. The highest BCUT2D eigenvalue weighted by Gasteiger charge is 2.14. The average Bonchev–Trinajstić information content (AvgIpc) is 2.94. The van der Waals surface area contributed by atoms with E-state index >= 15 is 0 Å². The molecule has 0 saturated heterocycles. The molecule has 2 N–H and O–H groups in total. The Morgan fingerprint density at radius 3 is 2.95 bits per heavy atom. The van der Waals surface area contributed by atoms with E-state index in [0.29, 0.717) is 24.0 Å². The van der Waals surface area contributed by atoms with E-state index in [4.69, 9.17) is 15.0 Å². The second-order valence-electron chi connectivity index (χ2n) is 4.32. The molecule has 0 aromatic carbocycles. The number of nitrogens with two attached hydrogens (primary N) is 1. The number of thioether (sulfide) groups is 1. The van der Waals surface area contributed by atoms with Gasteiger partial charge < -0.3 is 15.0 Å². The van der Waals surface area contributed by atoms with E-state index in [1.165, 1.54) is 0 Å². The van der Waals surface area contributed by atoms with Gasteiger partial charge in [0.05, 0.1) is 13.2 Å². The Morgan fingerprint density at radius 1 is 1.45 bits per heavy atom. The smallest absolute Gasteiger partial charge is 0.243 e. The SMILES string of the molecule is COc1ccc(Cc2noc([C@@H](N)CCSC)n2)cn1. The summed E-state index contributed by atoms with van der Waals surface area (Å²) in [4.78, 5) is 8.47. The largest absolute Gasteiger partial charge is 0.481 e. The summed E-state index contributed by atoms with van der Waals surface area (Å²) in [6, 6.07) is 3.54. The number of pyridine rings is 1. The number of aromatic nitrogens is 3. The van der Waals surface area contributed by atoms with E-state index in [2.05, 4.69) is 15.1 Å². The van der Waals surface area contributed by atoms with Crippen molar-refractivity contribution in [3.8, 4) is 5.88 Å². The highest BCUT2D eigenvalue weighted by molar-refractivity contribution is 7.98. The third kappa shape index (κ3) is 3.94. The lowest BCUT2D eigenvalue weighted by Crippen LogP contribution is -2.11. The minimum Gasteiger partial charge on any atom is -0.481 e. The molecular weight excluding hydrogens is 276 g/mol. The highest BCUT2D eigenvalue weighted by atomic mass is 32.2. The Morgan fingerprint density at radius 2 is 2.30 bits per heavy atom. The van der Waals surface area contributed by atoms with Crippen LogP contribution in [0.15, 0.2) is 22.9 Å². The first-order valence-corrected chi connectivity index (χ1v) is 7.68. The zero-order chi connectivity index (χ0) is 14.4. The molecule has 1 atom stereocenters. The number of nitrogens with zero attached hydrogens (tertiary/aromatic N) is 3. The van der Waals surface area contributed by atoms with Crippen LogP contribution < -0.4 is 10.5 Å². The first-order valence-electron chi connectivity index (χ1n) is 6.29. The number of hydrogen-bond acceptors (Lipinski definition) is 7. The number of ether oxygens (including phenoxy) is 1. The molecular formula is C13H18N4O2S. The van der Waals surface area contributed by atoms with Gasteiger partial charge in [-0.05, 0) is 24.0 Å². The molecule has 108 valence electrons. The molecule has 0 unspecified atom stereocenters. The molecule has 2 heterocycles. The third-order valence-electron chi connectivity index (χ3n) is 2.80. The van der Waals surface area contributed by atoms with Crippen molar-refractivity contribution in [2.75, 3.05) is 19.1 Å². The van der Waals surface area contributed by atoms with Crippen LogP contribution in [0.5, 0.6) is 5.88 Å². The van der Waals surface area contributed by atoms with Crippen molar-refractivity contribution in [2.24, 2.45) is 5.73 Å². The minimum absolute atomic E-state index is 0.197. The monoisotopic (exact) mass is 294 g/mol. The van der Waals surface area contributed by atoms with Crippen molar-refractivity contribution in [3.63, 3.8) is 0 Å². The molecule has 2 aromatic rings. The summed E-state index contributed by atoms with van der Waals surface area (Å²) in [5, 5.41) is 3.95. The van der Waals surface area contributed by atoms with Crippen molar-refractivity contribution < 1.29 is 9.26 Å². The molecule has 0 fully saturated rings. The number of methoxy groups -OCH3 is 1. The lowest BCUT2D eigenvalue weighted by Gasteiger charge is -2.03. The fourth-order valence-electron chi connectivity index (χ4n) is 1.68. The van der Waals surface area contributed by atoms with Crippen LogP contribution in [0, 0.1) is 0 Å². The lowest BCUT2D eigenvalue weighted by molar-refractivity contribution is 0.349. The maximum Gasteiger partial charge on any atom is 0.243 e. The Hall–Kier alpha value is -1.60. The molecule has 0 spiro atoms. The summed E-state index contributed by atoms with van der Waals surface area (Å²) >= 11 is 1.75. The van der Waals surface area contributed by atoms with Crippen LogP contribution in [0.25, 0.3) is 0 Å². The Kier molecular flexibility index (Phi) is 5.37. The standard InChI is InChI=1S/C13H18N4O2S/c1-18-12-4-3-9(8-15-12)7-11-16-13(19-17-11)10(14)5-6-20-2/h3-4,8,10H,5-7,14H2,1-2H3/t10-/m0/s1. The molecule has 0 aliphatic heterocycles. The van der Waals surface area contributed by atoms with E-state index in [0.717, 1.165) is 17.7 Å². The van der Waals surface area contributed by atoms with Crippen molar-refractivity contribution >= 4 is 11.8 Å². The third-order valence-corrected chi connectivity index (χ3v) is 3.45. The van der Waals surface area contributed by atoms with E-state index in [1.807, 2.05) is 12.3 Å². The van der Waals surface area contributed by atoms with Crippen molar-refractivity contribution in [3.05, 3.63) is 35.6 Å². The van der Waals surface area contributed by atoms with Crippen LogP contribution in [0.3, 0.4) is 0 Å². The molecule has 0 radical (unpaired) electrons. The lowest BCUT2D eigenvalue weighted by atomic mass is 10.2. The second kappa shape index (κ2) is 7.25. The van der Waals surface area contributed by atoms with Crippen LogP contribution in [0.4, 0.5) is 0 Å². The normalized spacial score (nSPS) is 12.3. The second-order valence-corrected chi connectivity index (χ2v) is 5.31. The molecule has 0 aliphatic carbocycles. The maximum absolute atomic E-state index is 5.99. The van der Waals surface area contributed by atoms with E-state index in [-0.39, 0.29) is 6.04 Å². The Balaban J connectivity index is 1.97. The fraction of sp³-hybridized carbons (Fsp3) is 0.462. The van der Waals surface area contributed by atoms with Gasteiger partial charge in [-0.2, -0.15) is 16.7 Å². The van der Waals surface area contributed by atoms with Gasteiger partial charge in [0.25, 0.3) is 0 Å². The predicted octanol–water partition coefficient (Wildman–Crippen LogP) is 1.82. The van der Waals surface area contributed by atoms with Gasteiger partial charge in [-0.15, -0.1) is 0 Å². The molecule has 0 saturated carbocycles. The van der Waals surface area contributed by atoms with E-state index < -0.39 is 0 Å². The number of rotatable bonds is 7. The molecule has 20 heavy (non-hydrogen) atoms.